The summed E-state index contributed by atoms with van der Waals surface area (Å²) in [6.07, 6.45) is 33.3. The summed E-state index contributed by atoms with van der Waals surface area (Å²) in [5.74, 6) is 4.04. The lowest BCUT2D eigenvalue weighted by molar-refractivity contribution is -0.183. The van der Waals surface area contributed by atoms with Crippen molar-refractivity contribution in [2.75, 3.05) is 0 Å². The molecular formula is C47H82O2. The highest BCUT2D eigenvalue weighted by Gasteiger charge is 2.82. The van der Waals surface area contributed by atoms with E-state index in [-0.39, 0.29) is 17.5 Å². The number of allylic oxidation sites excluding steroid dienone is 1. The third-order valence-electron chi connectivity index (χ3n) is 17.5. The smallest absolute Gasteiger partial charge is 0.306 e. The second-order valence-electron chi connectivity index (χ2n) is 20.3. The molecule has 0 radical (unpaired) electrons. The average Bonchev–Trinajstić information content (AvgIpc) is 3.64. The molecule has 5 aliphatic rings. The van der Waals surface area contributed by atoms with Crippen molar-refractivity contribution in [1.29, 1.82) is 0 Å². The van der Waals surface area contributed by atoms with Crippen LogP contribution in [0.15, 0.2) is 12.2 Å². The molecule has 2 heteroatoms. The largest absolute Gasteiger partial charge is 0.462 e. The number of ether oxygens (including phenoxy) is 1. The number of hydrogen-bond donors (Lipinski definition) is 0. The van der Waals surface area contributed by atoms with E-state index in [1.807, 2.05) is 0 Å². The fraction of sp³-hybridized carbons (Fsp3) is 0.936. The first-order valence-electron chi connectivity index (χ1n) is 22.1. The van der Waals surface area contributed by atoms with Gasteiger partial charge >= 0.3 is 5.97 Å². The Morgan fingerprint density at radius 2 is 1.27 bits per heavy atom. The number of carbonyl (C=O) groups excluding carboxylic acids is 1. The maximum absolute atomic E-state index is 13.2. The van der Waals surface area contributed by atoms with E-state index < -0.39 is 0 Å². The highest BCUT2D eigenvalue weighted by atomic mass is 16.5. The molecule has 0 saturated heterocycles. The van der Waals surface area contributed by atoms with Crippen LogP contribution in [0.5, 0.6) is 0 Å². The van der Waals surface area contributed by atoms with E-state index in [9.17, 15) is 4.79 Å². The molecule has 0 amide bonds. The van der Waals surface area contributed by atoms with Crippen LogP contribution in [-0.4, -0.2) is 12.1 Å². The van der Waals surface area contributed by atoms with Gasteiger partial charge in [0.25, 0.3) is 0 Å². The van der Waals surface area contributed by atoms with Gasteiger partial charge in [-0.2, -0.15) is 0 Å². The molecule has 5 saturated carbocycles. The molecule has 0 aromatic rings. The molecule has 0 heterocycles. The van der Waals surface area contributed by atoms with Gasteiger partial charge in [0, 0.05) is 11.8 Å². The molecule has 282 valence electrons. The molecule has 49 heavy (non-hydrogen) atoms. The standard InChI is InChI=1S/C47H82O2/c1-10-11-12-13-14-15-16-17-18-19-20-21-22-23-42(48)49-41-29-31-46-34-47(46)33-32-44(8)38(37(5)25-24-36(4)35(2)3)28-30-45(44,9)40(47)27-26-39(46)43(41,6)7/h36-41H,2,10-34H2,1,3-9H3/t36?,37-,38-,39+,40+,41+,44-,45+,46-,47+/m1/s1. The van der Waals surface area contributed by atoms with Gasteiger partial charge in [-0.25, -0.2) is 0 Å². The molecule has 0 aliphatic heterocycles. The van der Waals surface area contributed by atoms with Gasteiger partial charge in [-0.1, -0.05) is 138 Å². The minimum absolute atomic E-state index is 0.0843. The van der Waals surface area contributed by atoms with E-state index in [1.165, 1.54) is 147 Å². The summed E-state index contributed by atoms with van der Waals surface area (Å²) in [7, 11) is 0. The molecular weight excluding hydrogens is 597 g/mol. The Kier molecular flexibility index (Phi) is 12.9. The fourth-order valence-electron chi connectivity index (χ4n) is 14.0. The molecule has 1 unspecified atom stereocenters. The van der Waals surface area contributed by atoms with Gasteiger partial charge in [-0.05, 0) is 135 Å². The third kappa shape index (κ3) is 7.53. The first kappa shape index (κ1) is 39.4. The molecule has 5 rings (SSSR count). The van der Waals surface area contributed by atoms with Crippen molar-refractivity contribution in [2.45, 2.75) is 222 Å². The minimum atomic E-state index is 0.0843. The van der Waals surface area contributed by atoms with Gasteiger partial charge in [0.15, 0.2) is 0 Å². The highest BCUT2D eigenvalue weighted by Crippen LogP contribution is 2.89. The summed E-state index contributed by atoms with van der Waals surface area (Å²) in [4.78, 5) is 13.2. The van der Waals surface area contributed by atoms with Crippen LogP contribution in [0.1, 0.15) is 216 Å². The molecule has 0 N–H and O–H groups in total. The Bertz CT molecular complexity index is 1110. The molecule has 0 aromatic heterocycles. The topological polar surface area (TPSA) is 26.3 Å². The van der Waals surface area contributed by atoms with Crippen LogP contribution in [0, 0.1) is 56.7 Å². The Morgan fingerprint density at radius 3 is 1.88 bits per heavy atom. The van der Waals surface area contributed by atoms with Crippen molar-refractivity contribution in [3.8, 4) is 0 Å². The van der Waals surface area contributed by atoms with E-state index in [0.717, 1.165) is 30.6 Å². The monoisotopic (exact) mass is 679 g/mol. The molecule has 0 aromatic carbocycles. The van der Waals surface area contributed by atoms with E-state index in [2.05, 4.69) is 62.0 Å². The Hall–Kier alpha value is -0.790. The predicted octanol–water partition coefficient (Wildman–Crippen LogP) is 14.4. The van der Waals surface area contributed by atoms with Crippen molar-refractivity contribution < 1.29 is 9.53 Å². The number of carbonyl (C=O) groups is 1. The van der Waals surface area contributed by atoms with Gasteiger partial charge in [0.2, 0.25) is 0 Å². The normalized spacial score (nSPS) is 38.4. The number of rotatable bonds is 20. The Balaban J connectivity index is 1.07. The van der Waals surface area contributed by atoms with Crippen molar-refractivity contribution in [3.05, 3.63) is 12.2 Å². The van der Waals surface area contributed by atoms with Gasteiger partial charge in [0.1, 0.15) is 6.10 Å². The summed E-state index contributed by atoms with van der Waals surface area (Å²) in [6.45, 7) is 24.2. The van der Waals surface area contributed by atoms with Crippen LogP contribution in [0.25, 0.3) is 0 Å². The zero-order chi connectivity index (χ0) is 35.5. The zero-order valence-corrected chi connectivity index (χ0v) is 34.2. The summed E-state index contributed by atoms with van der Waals surface area (Å²) >= 11 is 0. The van der Waals surface area contributed by atoms with Crippen LogP contribution in [0.2, 0.25) is 0 Å². The molecule has 5 fully saturated rings. The summed E-state index contributed by atoms with van der Waals surface area (Å²) in [5.41, 5.74) is 3.50. The van der Waals surface area contributed by atoms with Crippen molar-refractivity contribution in [3.63, 3.8) is 0 Å². The Morgan fingerprint density at radius 1 is 0.694 bits per heavy atom. The number of fused-ring (bicyclic) bond motifs is 2. The third-order valence-corrected chi connectivity index (χ3v) is 17.5. The fourth-order valence-corrected chi connectivity index (χ4v) is 14.0. The maximum atomic E-state index is 13.2. The number of esters is 1. The molecule has 2 nitrogen and oxygen atoms in total. The summed E-state index contributed by atoms with van der Waals surface area (Å²) < 4.78 is 6.42. The van der Waals surface area contributed by atoms with Crippen LogP contribution in [0.3, 0.4) is 0 Å². The molecule has 5 aliphatic carbocycles. The summed E-state index contributed by atoms with van der Waals surface area (Å²) in [5, 5.41) is 0. The van der Waals surface area contributed by atoms with Crippen molar-refractivity contribution >= 4 is 5.97 Å². The van der Waals surface area contributed by atoms with Crippen LogP contribution < -0.4 is 0 Å². The van der Waals surface area contributed by atoms with E-state index >= 15 is 0 Å². The van der Waals surface area contributed by atoms with Gasteiger partial charge in [-0.3, -0.25) is 4.79 Å². The lowest BCUT2D eigenvalue weighted by Gasteiger charge is -2.63. The highest BCUT2D eigenvalue weighted by molar-refractivity contribution is 5.69. The number of unbranched alkanes of at least 4 members (excludes halogenated alkanes) is 12. The van der Waals surface area contributed by atoms with Gasteiger partial charge < -0.3 is 4.74 Å². The minimum Gasteiger partial charge on any atom is -0.462 e. The molecule has 10 atom stereocenters. The van der Waals surface area contributed by atoms with Gasteiger partial charge in [-0.15, -0.1) is 0 Å². The van der Waals surface area contributed by atoms with Crippen LogP contribution in [0.4, 0.5) is 0 Å². The zero-order valence-electron chi connectivity index (χ0n) is 34.2. The van der Waals surface area contributed by atoms with E-state index in [1.54, 1.807) is 0 Å². The Labute approximate surface area is 305 Å². The van der Waals surface area contributed by atoms with Gasteiger partial charge in [0.05, 0.1) is 0 Å². The first-order chi connectivity index (χ1) is 23.3. The summed E-state index contributed by atoms with van der Waals surface area (Å²) in [6, 6.07) is 0. The molecule has 0 bridgehead atoms. The number of hydrogen-bond acceptors (Lipinski definition) is 2. The molecule has 2 spiro atoms. The second kappa shape index (κ2) is 16.1. The first-order valence-corrected chi connectivity index (χ1v) is 22.1. The SMILES string of the molecule is C=C(C)C(C)CC[C@@H](C)[C@H]1CC[C@@]2(C)[C@@H]3CC[C@H]4C(C)(C)[C@@H](OC(=O)CCCCCCCCCCCCCCC)CC[C@@]45C[C@@]35CC[C@]12C. The van der Waals surface area contributed by atoms with E-state index in [4.69, 9.17) is 4.74 Å². The maximum Gasteiger partial charge on any atom is 0.306 e. The lowest BCUT2D eigenvalue weighted by Crippen LogP contribution is -2.58. The lowest BCUT2D eigenvalue weighted by atomic mass is 9.41. The predicted molar refractivity (Wildman–Crippen MR) is 209 cm³/mol. The van der Waals surface area contributed by atoms with E-state index in [0.29, 0.717) is 39.9 Å². The van der Waals surface area contributed by atoms with Crippen molar-refractivity contribution in [1.82, 2.24) is 0 Å². The van der Waals surface area contributed by atoms with Crippen molar-refractivity contribution in [2.24, 2.45) is 56.7 Å². The second-order valence-corrected chi connectivity index (χ2v) is 20.3. The van der Waals surface area contributed by atoms with Crippen LogP contribution in [-0.2, 0) is 9.53 Å². The average molecular weight is 679 g/mol. The van der Waals surface area contributed by atoms with Crippen LogP contribution >= 0.6 is 0 Å². The quantitative estimate of drug-likeness (QED) is 0.0728.